The van der Waals surface area contributed by atoms with E-state index >= 15 is 0 Å². The molecule has 0 bridgehead atoms. The number of pyridine rings is 1. The monoisotopic (exact) mass is 593 g/mol. The van der Waals surface area contributed by atoms with E-state index in [9.17, 15) is 9.59 Å². The number of morpholine rings is 1. The number of anilines is 1. The van der Waals surface area contributed by atoms with E-state index in [-0.39, 0.29) is 18.5 Å². The molecule has 42 heavy (non-hydrogen) atoms. The fraction of sp³-hybridized carbons (Fsp3) is 0.531. The molecule has 1 aliphatic carbocycles. The Balaban J connectivity index is 1.19. The number of fused-ring (bicyclic) bond motifs is 1. The van der Waals surface area contributed by atoms with Gasteiger partial charge < -0.3 is 23.8 Å². The first kappa shape index (κ1) is 28.8. The maximum Gasteiger partial charge on any atom is 0.324 e. The average Bonchev–Trinajstić information content (AvgIpc) is 3.81. The van der Waals surface area contributed by atoms with Gasteiger partial charge in [-0.25, -0.2) is 9.78 Å². The molecule has 6 rings (SSSR count). The van der Waals surface area contributed by atoms with Gasteiger partial charge in [-0.3, -0.25) is 9.69 Å². The zero-order valence-electron chi connectivity index (χ0n) is 24.4. The van der Waals surface area contributed by atoms with Crippen LogP contribution in [0.5, 0.6) is 5.75 Å². The van der Waals surface area contributed by atoms with Crippen molar-refractivity contribution in [3.63, 3.8) is 0 Å². The lowest BCUT2D eigenvalue weighted by Crippen LogP contribution is -2.49. The van der Waals surface area contributed by atoms with Gasteiger partial charge in [0.1, 0.15) is 17.9 Å². The number of hydrogen-bond donors (Lipinski definition) is 0. The van der Waals surface area contributed by atoms with Gasteiger partial charge in [0, 0.05) is 62.3 Å². The fourth-order valence-electron chi connectivity index (χ4n) is 6.00. The van der Waals surface area contributed by atoms with Gasteiger partial charge in [0.15, 0.2) is 0 Å². The fourth-order valence-corrected chi connectivity index (χ4v) is 6.32. The summed E-state index contributed by atoms with van der Waals surface area (Å²) in [4.78, 5) is 36.9. The first-order valence-corrected chi connectivity index (χ1v) is 15.7. The van der Waals surface area contributed by atoms with Crippen molar-refractivity contribution >= 4 is 40.3 Å². The first-order valence-electron chi connectivity index (χ1n) is 15.3. The number of ether oxygens (including phenoxy) is 2. The van der Waals surface area contributed by atoms with Crippen LogP contribution in [0.2, 0.25) is 5.02 Å². The second-order valence-electron chi connectivity index (χ2n) is 11.5. The molecule has 9 nitrogen and oxygen atoms in total. The highest BCUT2D eigenvalue weighted by Gasteiger charge is 2.31. The summed E-state index contributed by atoms with van der Waals surface area (Å²) in [6.07, 6.45) is 10.1. The Hall–Kier alpha value is -3.30. The van der Waals surface area contributed by atoms with Gasteiger partial charge >= 0.3 is 6.03 Å². The molecule has 10 heteroatoms. The third-order valence-corrected chi connectivity index (χ3v) is 8.76. The summed E-state index contributed by atoms with van der Waals surface area (Å²) in [7, 11) is 0. The summed E-state index contributed by atoms with van der Waals surface area (Å²) in [5.74, 6) is 1.51. The number of unbranched alkanes of at least 4 members (excludes halogenated alkanes) is 2. The topological polar surface area (TPSA) is 80.1 Å². The molecule has 0 N–H and O–H groups in total. The van der Waals surface area contributed by atoms with Crippen LogP contribution >= 0.6 is 11.6 Å². The van der Waals surface area contributed by atoms with Gasteiger partial charge in [-0.15, -0.1) is 0 Å². The van der Waals surface area contributed by atoms with Crippen molar-refractivity contribution < 1.29 is 19.1 Å². The van der Waals surface area contributed by atoms with E-state index in [1.807, 2.05) is 25.3 Å². The Morgan fingerprint density at radius 1 is 1.12 bits per heavy atom. The van der Waals surface area contributed by atoms with Gasteiger partial charge in [0.05, 0.1) is 24.8 Å². The number of amides is 3. The third-order valence-electron chi connectivity index (χ3n) is 8.47. The number of halogens is 1. The first-order chi connectivity index (χ1) is 20.5. The van der Waals surface area contributed by atoms with E-state index in [4.69, 9.17) is 21.1 Å². The van der Waals surface area contributed by atoms with Crippen LogP contribution in [0, 0.1) is 0 Å². The normalized spacial score (nSPS) is 17.8. The van der Waals surface area contributed by atoms with Crippen molar-refractivity contribution in [1.29, 1.82) is 0 Å². The summed E-state index contributed by atoms with van der Waals surface area (Å²) in [6.45, 7) is 7.09. The molecule has 0 spiro atoms. The summed E-state index contributed by atoms with van der Waals surface area (Å²) < 4.78 is 13.4. The van der Waals surface area contributed by atoms with Gasteiger partial charge in [-0.2, -0.15) is 0 Å². The quantitative estimate of drug-likeness (QED) is 0.262. The van der Waals surface area contributed by atoms with Crippen molar-refractivity contribution in [1.82, 2.24) is 19.4 Å². The summed E-state index contributed by atoms with van der Waals surface area (Å²) in [5.41, 5.74) is 3.72. The van der Waals surface area contributed by atoms with Crippen molar-refractivity contribution in [3.05, 3.63) is 52.8 Å². The predicted molar refractivity (Wildman–Crippen MR) is 163 cm³/mol. The summed E-state index contributed by atoms with van der Waals surface area (Å²) in [5, 5.41) is 1.32. The molecule has 3 aromatic rings. The Labute approximate surface area is 252 Å². The Morgan fingerprint density at radius 2 is 1.95 bits per heavy atom. The zero-order chi connectivity index (χ0) is 29.1. The van der Waals surface area contributed by atoms with Crippen molar-refractivity contribution in [2.45, 2.75) is 64.5 Å². The smallest absolute Gasteiger partial charge is 0.324 e. The van der Waals surface area contributed by atoms with Crippen LogP contribution in [-0.4, -0.2) is 77.3 Å². The minimum absolute atomic E-state index is 0.0161. The number of carbonyl (C=O) groups excluding carboxylic acids is 2. The molecule has 3 fully saturated rings. The van der Waals surface area contributed by atoms with Crippen LogP contribution in [-0.2, 0) is 22.6 Å². The van der Waals surface area contributed by atoms with E-state index < -0.39 is 0 Å². The van der Waals surface area contributed by atoms with Gasteiger partial charge in [-0.05, 0) is 54.9 Å². The SMILES string of the molecule is CCCCCOc1cc(N2CCCN(Cc3ccnc4c3c(Cl)cn4CC(=O)N3CCOCC3)C2=O)ccc1C1CC1. The number of carbonyl (C=O) groups is 2. The van der Waals surface area contributed by atoms with Gasteiger partial charge in [0.2, 0.25) is 5.91 Å². The molecule has 1 saturated carbocycles. The highest BCUT2D eigenvalue weighted by atomic mass is 35.5. The van der Waals surface area contributed by atoms with Crippen molar-refractivity contribution in [2.75, 3.05) is 50.9 Å². The van der Waals surface area contributed by atoms with Crippen LogP contribution in [0.4, 0.5) is 10.5 Å². The molecular formula is C32H40ClN5O4. The molecule has 0 unspecified atom stereocenters. The predicted octanol–water partition coefficient (Wildman–Crippen LogP) is 5.83. The molecule has 0 radical (unpaired) electrons. The number of aromatic nitrogens is 2. The van der Waals surface area contributed by atoms with Crippen LogP contribution in [0.25, 0.3) is 11.0 Å². The lowest BCUT2D eigenvalue weighted by Gasteiger charge is -2.36. The largest absolute Gasteiger partial charge is 0.493 e. The molecule has 2 aliphatic heterocycles. The lowest BCUT2D eigenvalue weighted by atomic mass is 10.1. The number of urea groups is 1. The number of hydrogen-bond acceptors (Lipinski definition) is 5. The standard InChI is InChI=1S/C32H40ClN5O4/c1-2-3-4-16-42-28-19-25(8-9-26(28)23-6-7-23)38-13-5-12-36(32(38)40)20-24-10-11-34-31-30(24)27(33)21-37(31)22-29(39)35-14-17-41-18-15-35/h8-11,19,21,23H,2-7,12-18,20,22H2,1H3. The molecule has 0 atom stereocenters. The maximum absolute atomic E-state index is 13.8. The van der Waals surface area contributed by atoms with E-state index in [1.165, 1.54) is 18.4 Å². The Kier molecular flexibility index (Phi) is 8.86. The van der Waals surface area contributed by atoms with Crippen LogP contribution in [0.3, 0.4) is 0 Å². The molecule has 2 saturated heterocycles. The minimum atomic E-state index is -0.0274. The summed E-state index contributed by atoms with van der Waals surface area (Å²) in [6, 6.07) is 8.18. The van der Waals surface area contributed by atoms with E-state index in [0.29, 0.717) is 69.1 Å². The van der Waals surface area contributed by atoms with Gasteiger partial charge in [0.25, 0.3) is 0 Å². The Bertz CT molecular complexity index is 1430. The van der Waals surface area contributed by atoms with E-state index in [0.717, 1.165) is 48.1 Å². The van der Waals surface area contributed by atoms with Crippen molar-refractivity contribution in [2.24, 2.45) is 0 Å². The maximum atomic E-state index is 13.8. The third kappa shape index (κ3) is 6.22. The average molecular weight is 594 g/mol. The molecule has 224 valence electrons. The number of rotatable bonds is 11. The molecule has 4 heterocycles. The van der Waals surface area contributed by atoms with Crippen LogP contribution < -0.4 is 9.64 Å². The van der Waals surface area contributed by atoms with E-state index in [2.05, 4.69) is 30.1 Å². The highest BCUT2D eigenvalue weighted by Crippen LogP contribution is 2.45. The van der Waals surface area contributed by atoms with Crippen LogP contribution in [0.1, 0.15) is 62.5 Å². The molecule has 2 aromatic heterocycles. The summed E-state index contributed by atoms with van der Waals surface area (Å²) >= 11 is 6.72. The van der Waals surface area contributed by atoms with E-state index in [1.54, 1.807) is 12.4 Å². The van der Waals surface area contributed by atoms with Crippen molar-refractivity contribution in [3.8, 4) is 5.75 Å². The molecule has 3 amide bonds. The molecular weight excluding hydrogens is 554 g/mol. The van der Waals surface area contributed by atoms with Gasteiger partial charge in [-0.1, -0.05) is 37.4 Å². The molecule has 1 aromatic carbocycles. The van der Waals surface area contributed by atoms with Crippen LogP contribution in [0.15, 0.2) is 36.7 Å². The zero-order valence-corrected chi connectivity index (χ0v) is 25.2. The number of nitrogens with zero attached hydrogens (tertiary/aromatic N) is 5. The second-order valence-corrected chi connectivity index (χ2v) is 11.9. The molecule has 3 aliphatic rings. The Morgan fingerprint density at radius 3 is 2.74 bits per heavy atom. The minimum Gasteiger partial charge on any atom is -0.493 e. The number of benzene rings is 1. The lowest BCUT2D eigenvalue weighted by molar-refractivity contribution is -0.135. The highest BCUT2D eigenvalue weighted by molar-refractivity contribution is 6.35. The second kappa shape index (κ2) is 12.9.